The Morgan fingerprint density at radius 2 is 2.12 bits per heavy atom. The standard InChI is InChI=1S/C18H18FN5O2/c1-11(25)22-18(17-20-12(2)26-23-17)7-8-24(10-18)16-6-4-13-3-5-14(19)9-15(13)21-16/h3-6,9H,7-8,10H2,1-2H3,(H,22,25)/t18-/m1/s1. The number of hydrogen-bond donors (Lipinski definition) is 1. The number of carbonyl (C=O) groups excluding carboxylic acids is 1. The number of nitrogens with one attached hydrogen (secondary N) is 1. The molecule has 3 heterocycles. The SMILES string of the molecule is CC(=O)N[C@]1(c2noc(C)n2)CCN(c2ccc3ccc(F)cc3n2)C1. The third kappa shape index (κ3) is 2.87. The van der Waals surface area contributed by atoms with Gasteiger partial charge in [0.2, 0.25) is 11.8 Å². The summed E-state index contributed by atoms with van der Waals surface area (Å²) in [5.41, 5.74) is -0.141. The van der Waals surface area contributed by atoms with Crippen LogP contribution in [0, 0.1) is 12.7 Å². The molecule has 1 atom stereocenters. The van der Waals surface area contributed by atoms with E-state index in [-0.39, 0.29) is 11.7 Å². The summed E-state index contributed by atoms with van der Waals surface area (Å²) in [5.74, 6) is 1.14. The lowest BCUT2D eigenvalue weighted by atomic mass is 9.97. The van der Waals surface area contributed by atoms with Crippen molar-refractivity contribution in [2.75, 3.05) is 18.0 Å². The van der Waals surface area contributed by atoms with Crippen molar-refractivity contribution in [3.63, 3.8) is 0 Å². The lowest BCUT2D eigenvalue weighted by Gasteiger charge is -2.27. The maximum Gasteiger partial charge on any atom is 0.223 e. The van der Waals surface area contributed by atoms with Crippen molar-refractivity contribution in [2.24, 2.45) is 0 Å². The lowest BCUT2D eigenvalue weighted by molar-refractivity contribution is -0.120. The van der Waals surface area contributed by atoms with Crippen LogP contribution in [-0.2, 0) is 10.3 Å². The summed E-state index contributed by atoms with van der Waals surface area (Å²) >= 11 is 0. The molecule has 1 fully saturated rings. The largest absolute Gasteiger partial charge is 0.354 e. The molecule has 7 nitrogen and oxygen atoms in total. The lowest BCUT2D eigenvalue weighted by Crippen LogP contribution is -2.48. The summed E-state index contributed by atoms with van der Waals surface area (Å²) in [6.45, 7) is 4.29. The number of pyridine rings is 1. The molecule has 3 aromatic rings. The van der Waals surface area contributed by atoms with Crippen LogP contribution in [0.25, 0.3) is 10.9 Å². The van der Waals surface area contributed by atoms with Gasteiger partial charge in [-0.15, -0.1) is 0 Å². The molecule has 1 N–H and O–H groups in total. The number of benzene rings is 1. The van der Waals surface area contributed by atoms with E-state index in [0.29, 0.717) is 36.7 Å². The number of nitrogens with zero attached hydrogens (tertiary/aromatic N) is 4. The maximum atomic E-state index is 13.5. The van der Waals surface area contributed by atoms with Crippen LogP contribution in [0.15, 0.2) is 34.9 Å². The van der Waals surface area contributed by atoms with Crippen molar-refractivity contribution in [3.05, 3.63) is 47.9 Å². The highest BCUT2D eigenvalue weighted by molar-refractivity contribution is 5.80. The Kier molecular flexibility index (Phi) is 3.82. The van der Waals surface area contributed by atoms with Gasteiger partial charge in [-0.3, -0.25) is 4.79 Å². The topological polar surface area (TPSA) is 84.2 Å². The molecule has 1 aromatic carbocycles. The first kappa shape index (κ1) is 16.4. The van der Waals surface area contributed by atoms with E-state index in [1.807, 2.05) is 17.0 Å². The Morgan fingerprint density at radius 3 is 2.85 bits per heavy atom. The van der Waals surface area contributed by atoms with Gasteiger partial charge < -0.3 is 14.7 Å². The second kappa shape index (κ2) is 6.05. The number of hydrogen-bond acceptors (Lipinski definition) is 6. The Balaban J connectivity index is 1.68. The van der Waals surface area contributed by atoms with Gasteiger partial charge in [-0.2, -0.15) is 4.98 Å². The Labute approximate surface area is 149 Å². The van der Waals surface area contributed by atoms with E-state index in [1.54, 1.807) is 13.0 Å². The number of halogens is 1. The van der Waals surface area contributed by atoms with Gasteiger partial charge in [-0.05, 0) is 30.7 Å². The molecule has 134 valence electrons. The van der Waals surface area contributed by atoms with Crippen molar-refractivity contribution < 1.29 is 13.7 Å². The zero-order chi connectivity index (χ0) is 18.3. The van der Waals surface area contributed by atoms with E-state index in [1.165, 1.54) is 19.1 Å². The second-order valence-electron chi connectivity index (χ2n) is 6.58. The normalized spacial score (nSPS) is 19.9. The number of amides is 1. The first-order valence-corrected chi connectivity index (χ1v) is 8.36. The van der Waals surface area contributed by atoms with Crippen LogP contribution in [0.1, 0.15) is 25.1 Å². The van der Waals surface area contributed by atoms with Gasteiger partial charge in [-0.1, -0.05) is 5.16 Å². The van der Waals surface area contributed by atoms with E-state index in [9.17, 15) is 9.18 Å². The minimum absolute atomic E-state index is 0.164. The molecule has 0 radical (unpaired) electrons. The average Bonchev–Trinajstić information content (AvgIpc) is 3.21. The van der Waals surface area contributed by atoms with E-state index >= 15 is 0 Å². The monoisotopic (exact) mass is 355 g/mol. The maximum absolute atomic E-state index is 13.5. The molecule has 1 saturated heterocycles. The van der Waals surface area contributed by atoms with E-state index < -0.39 is 5.54 Å². The molecule has 1 aliphatic heterocycles. The molecule has 0 bridgehead atoms. The predicted octanol–water partition coefficient (Wildman–Crippen LogP) is 2.31. The first-order valence-electron chi connectivity index (χ1n) is 8.36. The molecule has 0 spiro atoms. The third-order valence-corrected chi connectivity index (χ3v) is 4.60. The third-order valence-electron chi connectivity index (χ3n) is 4.60. The van der Waals surface area contributed by atoms with Crippen molar-refractivity contribution >= 4 is 22.6 Å². The fourth-order valence-corrected chi connectivity index (χ4v) is 3.43. The molecule has 0 aliphatic carbocycles. The van der Waals surface area contributed by atoms with E-state index in [4.69, 9.17) is 4.52 Å². The number of anilines is 1. The highest BCUT2D eigenvalue weighted by atomic mass is 19.1. The van der Waals surface area contributed by atoms with Crippen LogP contribution in [0.2, 0.25) is 0 Å². The number of rotatable bonds is 3. The van der Waals surface area contributed by atoms with Crippen molar-refractivity contribution in [1.82, 2.24) is 20.4 Å². The minimum atomic E-state index is -0.734. The minimum Gasteiger partial charge on any atom is -0.354 e. The number of carbonyl (C=O) groups is 1. The number of aromatic nitrogens is 3. The van der Waals surface area contributed by atoms with Gasteiger partial charge in [0.05, 0.1) is 5.52 Å². The summed E-state index contributed by atoms with van der Waals surface area (Å²) in [5, 5.41) is 7.86. The van der Waals surface area contributed by atoms with Gasteiger partial charge in [-0.25, -0.2) is 9.37 Å². The van der Waals surface area contributed by atoms with Crippen LogP contribution >= 0.6 is 0 Å². The van der Waals surface area contributed by atoms with Gasteiger partial charge in [0.15, 0.2) is 5.82 Å². The predicted molar refractivity (Wildman–Crippen MR) is 93.1 cm³/mol. The molecule has 1 amide bonds. The molecule has 0 saturated carbocycles. The van der Waals surface area contributed by atoms with Crippen molar-refractivity contribution in [2.45, 2.75) is 25.8 Å². The molecule has 2 aromatic heterocycles. The van der Waals surface area contributed by atoms with Gasteiger partial charge >= 0.3 is 0 Å². The van der Waals surface area contributed by atoms with E-state index in [0.717, 1.165) is 11.2 Å². The zero-order valence-corrected chi connectivity index (χ0v) is 14.5. The first-order chi connectivity index (χ1) is 12.4. The molecule has 1 aliphatic rings. The van der Waals surface area contributed by atoms with Crippen LogP contribution in [0.3, 0.4) is 0 Å². The van der Waals surface area contributed by atoms with Crippen LogP contribution in [-0.4, -0.2) is 34.1 Å². The highest BCUT2D eigenvalue weighted by Gasteiger charge is 2.44. The van der Waals surface area contributed by atoms with E-state index in [2.05, 4.69) is 20.4 Å². The summed E-state index contributed by atoms with van der Waals surface area (Å²) in [6.07, 6.45) is 0.619. The molecule has 0 unspecified atom stereocenters. The summed E-state index contributed by atoms with van der Waals surface area (Å²) in [4.78, 5) is 22.7. The van der Waals surface area contributed by atoms with Gasteiger partial charge in [0, 0.05) is 38.4 Å². The molecular weight excluding hydrogens is 337 g/mol. The molecule has 26 heavy (non-hydrogen) atoms. The average molecular weight is 355 g/mol. The molecular formula is C18H18FN5O2. The number of fused-ring (bicyclic) bond motifs is 1. The smallest absolute Gasteiger partial charge is 0.223 e. The molecule has 4 rings (SSSR count). The summed E-state index contributed by atoms with van der Waals surface area (Å²) in [6, 6.07) is 8.34. The summed E-state index contributed by atoms with van der Waals surface area (Å²) in [7, 11) is 0. The Hall–Kier alpha value is -3.03. The highest BCUT2D eigenvalue weighted by Crippen LogP contribution is 2.33. The van der Waals surface area contributed by atoms with Crippen LogP contribution in [0.4, 0.5) is 10.2 Å². The van der Waals surface area contributed by atoms with Crippen molar-refractivity contribution in [1.29, 1.82) is 0 Å². The Bertz CT molecular complexity index is 989. The zero-order valence-electron chi connectivity index (χ0n) is 14.5. The van der Waals surface area contributed by atoms with Gasteiger partial charge in [0.1, 0.15) is 17.2 Å². The van der Waals surface area contributed by atoms with Gasteiger partial charge in [0.25, 0.3) is 0 Å². The Morgan fingerprint density at radius 1 is 1.31 bits per heavy atom. The molecule has 8 heteroatoms. The number of aryl methyl sites for hydroxylation is 1. The van der Waals surface area contributed by atoms with Crippen LogP contribution < -0.4 is 10.2 Å². The van der Waals surface area contributed by atoms with Crippen LogP contribution in [0.5, 0.6) is 0 Å². The fraction of sp³-hybridized carbons (Fsp3) is 0.333. The fourth-order valence-electron chi connectivity index (χ4n) is 3.43. The summed E-state index contributed by atoms with van der Waals surface area (Å²) < 4.78 is 18.6. The quantitative estimate of drug-likeness (QED) is 0.776. The van der Waals surface area contributed by atoms with Crippen molar-refractivity contribution in [3.8, 4) is 0 Å². The second-order valence-corrected chi connectivity index (χ2v) is 6.58.